The van der Waals surface area contributed by atoms with Gasteiger partial charge in [-0.2, -0.15) is 0 Å². The third-order valence-corrected chi connectivity index (χ3v) is 3.69. The minimum atomic E-state index is -0.174. The van der Waals surface area contributed by atoms with Gasteiger partial charge in [0.05, 0.1) is 12.1 Å². The second-order valence-electron chi connectivity index (χ2n) is 4.35. The molecule has 1 aromatic carbocycles. The van der Waals surface area contributed by atoms with Gasteiger partial charge in [0.1, 0.15) is 5.75 Å². The van der Waals surface area contributed by atoms with E-state index in [9.17, 15) is 9.59 Å². The molecule has 0 spiro atoms. The molecule has 0 radical (unpaired) electrons. The quantitative estimate of drug-likeness (QED) is 0.910. The fraction of sp³-hybridized carbons (Fsp3) is 0.143. The predicted molar refractivity (Wildman–Crippen MR) is 77.2 cm³/mol. The topological polar surface area (TPSA) is 67.4 Å². The number of carbonyl (C=O) groups is 2. The SMILES string of the molecule is O=C(Cc1cccs1)Nc1ccc2c(c1)OCC(=O)N2. The fourth-order valence-electron chi connectivity index (χ4n) is 1.93. The van der Waals surface area contributed by atoms with E-state index in [1.54, 1.807) is 29.5 Å². The molecule has 0 saturated heterocycles. The molecule has 0 bridgehead atoms. The molecule has 2 aromatic rings. The van der Waals surface area contributed by atoms with Crippen molar-refractivity contribution in [2.45, 2.75) is 6.42 Å². The lowest BCUT2D eigenvalue weighted by molar-refractivity contribution is -0.118. The summed E-state index contributed by atoms with van der Waals surface area (Å²) in [6.07, 6.45) is 0.354. The zero-order chi connectivity index (χ0) is 13.9. The molecule has 2 heterocycles. The summed E-state index contributed by atoms with van der Waals surface area (Å²) in [6.45, 7) is -0.000402. The Morgan fingerprint density at radius 3 is 3.10 bits per heavy atom. The first-order valence-electron chi connectivity index (χ1n) is 6.09. The van der Waals surface area contributed by atoms with E-state index in [0.29, 0.717) is 23.5 Å². The van der Waals surface area contributed by atoms with E-state index in [0.717, 1.165) is 4.88 Å². The molecule has 1 aliphatic heterocycles. The predicted octanol–water partition coefficient (Wildman–Crippen LogP) is 2.26. The fourth-order valence-corrected chi connectivity index (χ4v) is 2.63. The van der Waals surface area contributed by atoms with E-state index >= 15 is 0 Å². The van der Waals surface area contributed by atoms with E-state index in [4.69, 9.17) is 4.74 Å². The van der Waals surface area contributed by atoms with Crippen LogP contribution in [0.3, 0.4) is 0 Å². The normalized spacial score (nSPS) is 13.1. The van der Waals surface area contributed by atoms with Crippen molar-refractivity contribution in [3.8, 4) is 5.75 Å². The lowest BCUT2D eigenvalue weighted by Gasteiger charge is -2.18. The molecule has 1 aliphatic rings. The van der Waals surface area contributed by atoms with Gasteiger partial charge in [0.25, 0.3) is 5.91 Å². The number of benzene rings is 1. The van der Waals surface area contributed by atoms with Crippen molar-refractivity contribution in [2.24, 2.45) is 0 Å². The first-order chi connectivity index (χ1) is 9.70. The first kappa shape index (κ1) is 12.7. The minimum Gasteiger partial charge on any atom is -0.482 e. The van der Waals surface area contributed by atoms with Gasteiger partial charge in [0.2, 0.25) is 5.91 Å². The highest BCUT2D eigenvalue weighted by molar-refractivity contribution is 7.10. The number of thiophene rings is 1. The van der Waals surface area contributed by atoms with Gasteiger partial charge < -0.3 is 15.4 Å². The molecule has 0 aliphatic carbocycles. The van der Waals surface area contributed by atoms with Crippen LogP contribution < -0.4 is 15.4 Å². The maximum atomic E-state index is 11.9. The highest BCUT2D eigenvalue weighted by Gasteiger charge is 2.16. The number of ether oxygens (including phenoxy) is 1. The van der Waals surface area contributed by atoms with Crippen LogP contribution in [-0.4, -0.2) is 18.4 Å². The first-order valence-corrected chi connectivity index (χ1v) is 6.97. The van der Waals surface area contributed by atoms with Gasteiger partial charge in [-0.15, -0.1) is 11.3 Å². The zero-order valence-electron chi connectivity index (χ0n) is 10.5. The van der Waals surface area contributed by atoms with Gasteiger partial charge in [-0.3, -0.25) is 9.59 Å². The Hall–Kier alpha value is -2.34. The van der Waals surface area contributed by atoms with Crippen LogP contribution in [0.5, 0.6) is 5.75 Å². The summed E-state index contributed by atoms with van der Waals surface area (Å²) < 4.78 is 5.30. The number of fused-ring (bicyclic) bond motifs is 1. The van der Waals surface area contributed by atoms with Crippen LogP contribution in [0, 0.1) is 0 Å². The number of hydrogen-bond donors (Lipinski definition) is 2. The van der Waals surface area contributed by atoms with Gasteiger partial charge >= 0.3 is 0 Å². The van der Waals surface area contributed by atoms with Crippen LogP contribution >= 0.6 is 11.3 Å². The van der Waals surface area contributed by atoms with E-state index < -0.39 is 0 Å². The molecular weight excluding hydrogens is 276 g/mol. The van der Waals surface area contributed by atoms with Crippen LogP contribution in [0.4, 0.5) is 11.4 Å². The van der Waals surface area contributed by atoms with Crippen LogP contribution in [-0.2, 0) is 16.0 Å². The van der Waals surface area contributed by atoms with Crippen molar-refractivity contribution in [3.63, 3.8) is 0 Å². The second kappa shape index (κ2) is 5.34. The van der Waals surface area contributed by atoms with Crippen LogP contribution in [0.25, 0.3) is 0 Å². The van der Waals surface area contributed by atoms with Gasteiger partial charge in [0, 0.05) is 16.6 Å². The van der Waals surface area contributed by atoms with E-state index in [-0.39, 0.29) is 18.4 Å². The van der Waals surface area contributed by atoms with Crippen LogP contribution in [0.15, 0.2) is 35.7 Å². The summed E-state index contributed by atoms with van der Waals surface area (Å²) in [6, 6.07) is 9.01. The molecule has 102 valence electrons. The van der Waals surface area contributed by atoms with Gasteiger partial charge in [-0.05, 0) is 23.6 Å². The van der Waals surface area contributed by atoms with Gasteiger partial charge in [-0.1, -0.05) is 6.07 Å². The Kier molecular flexibility index (Phi) is 3.39. The molecule has 0 fully saturated rings. The lowest BCUT2D eigenvalue weighted by atomic mass is 10.2. The molecule has 6 heteroatoms. The van der Waals surface area contributed by atoms with Gasteiger partial charge in [0.15, 0.2) is 6.61 Å². The van der Waals surface area contributed by atoms with Crippen molar-refractivity contribution >= 4 is 34.5 Å². The molecule has 0 atom stereocenters. The maximum Gasteiger partial charge on any atom is 0.262 e. The Balaban J connectivity index is 1.69. The Morgan fingerprint density at radius 1 is 1.40 bits per heavy atom. The van der Waals surface area contributed by atoms with Crippen LogP contribution in [0.1, 0.15) is 4.88 Å². The number of anilines is 2. The maximum absolute atomic E-state index is 11.9. The molecule has 2 N–H and O–H groups in total. The monoisotopic (exact) mass is 288 g/mol. The minimum absolute atomic E-state index is 0.000402. The summed E-state index contributed by atoms with van der Waals surface area (Å²) in [5.41, 5.74) is 1.28. The van der Waals surface area contributed by atoms with Crippen molar-refractivity contribution in [1.82, 2.24) is 0 Å². The highest BCUT2D eigenvalue weighted by Crippen LogP contribution is 2.30. The lowest BCUT2D eigenvalue weighted by Crippen LogP contribution is -2.25. The van der Waals surface area contributed by atoms with Crippen molar-refractivity contribution in [3.05, 3.63) is 40.6 Å². The molecule has 0 unspecified atom stereocenters. The summed E-state index contributed by atoms with van der Waals surface area (Å²) >= 11 is 1.55. The highest BCUT2D eigenvalue weighted by atomic mass is 32.1. The molecule has 5 nitrogen and oxygen atoms in total. The Bertz CT molecular complexity index is 652. The van der Waals surface area contributed by atoms with E-state index in [2.05, 4.69) is 10.6 Å². The third kappa shape index (κ3) is 2.80. The summed E-state index contributed by atoms with van der Waals surface area (Å²) in [5, 5.41) is 7.46. The average Bonchev–Trinajstić information content (AvgIpc) is 2.91. The number of rotatable bonds is 3. The van der Waals surface area contributed by atoms with Crippen LogP contribution in [0.2, 0.25) is 0 Å². The molecular formula is C14H12N2O3S. The van der Waals surface area contributed by atoms with Crippen molar-refractivity contribution in [2.75, 3.05) is 17.2 Å². The average molecular weight is 288 g/mol. The van der Waals surface area contributed by atoms with Gasteiger partial charge in [-0.25, -0.2) is 0 Å². The van der Waals surface area contributed by atoms with Crippen molar-refractivity contribution in [1.29, 1.82) is 0 Å². The molecule has 0 saturated carbocycles. The summed E-state index contributed by atoms with van der Waals surface area (Å²) in [5.74, 6) is 0.317. The largest absolute Gasteiger partial charge is 0.482 e. The molecule has 3 rings (SSSR count). The third-order valence-electron chi connectivity index (χ3n) is 2.81. The molecule has 20 heavy (non-hydrogen) atoms. The second-order valence-corrected chi connectivity index (χ2v) is 5.38. The molecule has 1 aromatic heterocycles. The summed E-state index contributed by atoms with van der Waals surface area (Å²) in [7, 11) is 0. The van der Waals surface area contributed by atoms with Crippen molar-refractivity contribution < 1.29 is 14.3 Å². The zero-order valence-corrected chi connectivity index (χ0v) is 11.3. The van der Waals surface area contributed by atoms with E-state index in [1.165, 1.54) is 0 Å². The number of carbonyl (C=O) groups excluding carboxylic acids is 2. The Morgan fingerprint density at radius 2 is 2.30 bits per heavy atom. The Labute approximate surface area is 119 Å². The number of amides is 2. The number of hydrogen-bond acceptors (Lipinski definition) is 4. The summed E-state index contributed by atoms with van der Waals surface area (Å²) in [4.78, 5) is 24.1. The smallest absolute Gasteiger partial charge is 0.262 e. The van der Waals surface area contributed by atoms with E-state index in [1.807, 2.05) is 17.5 Å². The standard InChI is InChI=1S/C14H12N2O3S/c17-13(7-10-2-1-5-20-10)15-9-3-4-11-12(6-9)19-8-14(18)16-11/h1-6H,7-8H2,(H,15,17)(H,16,18). The molecule has 2 amide bonds. The number of nitrogens with one attached hydrogen (secondary N) is 2.